The summed E-state index contributed by atoms with van der Waals surface area (Å²) in [5.41, 5.74) is 2.56. The Morgan fingerprint density at radius 3 is 2.38 bits per heavy atom. The zero-order chi connectivity index (χ0) is 15.0. The number of hydrogen-bond acceptors (Lipinski definition) is 2. The number of rotatable bonds is 4. The van der Waals surface area contributed by atoms with Crippen molar-refractivity contribution in [3.05, 3.63) is 35.4 Å². The van der Waals surface area contributed by atoms with E-state index in [4.69, 9.17) is 0 Å². The monoisotopic (exact) mass is 286 g/mol. The molecule has 3 heteroatoms. The van der Waals surface area contributed by atoms with Gasteiger partial charge in [0.2, 0.25) is 5.91 Å². The van der Waals surface area contributed by atoms with Crippen molar-refractivity contribution in [3.63, 3.8) is 0 Å². The minimum absolute atomic E-state index is 0.0403. The number of hydrogen-bond donors (Lipinski definition) is 1. The molecule has 1 saturated heterocycles. The van der Waals surface area contributed by atoms with E-state index < -0.39 is 0 Å². The van der Waals surface area contributed by atoms with E-state index >= 15 is 0 Å². The first-order valence-corrected chi connectivity index (χ1v) is 8.29. The number of amides is 1. The van der Waals surface area contributed by atoms with E-state index in [-0.39, 0.29) is 12.2 Å². The fraction of sp³-hybridized carbons (Fsp3) is 0.611. The number of benzene rings is 1. The molecule has 1 heterocycles. The van der Waals surface area contributed by atoms with Crippen LogP contribution in [0.4, 0.5) is 0 Å². The molecule has 1 aliphatic heterocycles. The summed E-state index contributed by atoms with van der Waals surface area (Å²) >= 11 is 0. The average Bonchev–Trinajstić information content (AvgIpc) is 2.76. The molecule has 0 bridgehead atoms. The first-order valence-electron chi connectivity index (χ1n) is 8.29. The predicted octanol–water partition coefficient (Wildman–Crippen LogP) is 3.26. The zero-order valence-corrected chi connectivity index (χ0v) is 13.3. The number of aryl methyl sites for hydroxylation is 1. The van der Waals surface area contributed by atoms with E-state index in [0.717, 1.165) is 19.3 Å². The Kier molecular flexibility index (Phi) is 4.03. The molecule has 2 fully saturated rings. The summed E-state index contributed by atoms with van der Waals surface area (Å²) in [7, 11) is 0. The fourth-order valence-corrected chi connectivity index (χ4v) is 3.34. The highest BCUT2D eigenvalue weighted by atomic mass is 16.2. The molecule has 2 atom stereocenters. The van der Waals surface area contributed by atoms with Crippen LogP contribution in [0.15, 0.2) is 24.3 Å². The summed E-state index contributed by atoms with van der Waals surface area (Å²) < 4.78 is 0. The van der Waals surface area contributed by atoms with Gasteiger partial charge in [-0.2, -0.15) is 0 Å². The summed E-state index contributed by atoms with van der Waals surface area (Å²) in [6.07, 6.45) is 4.67. The van der Waals surface area contributed by atoms with Gasteiger partial charge in [-0.15, -0.1) is 0 Å². The van der Waals surface area contributed by atoms with Crippen molar-refractivity contribution in [3.8, 4) is 0 Å². The van der Waals surface area contributed by atoms with Gasteiger partial charge in [0.05, 0.1) is 6.04 Å². The second-order valence-electron chi connectivity index (χ2n) is 6.72. The lowest BCUT2D eigenvalue weighted by atomic mass is 9.90. The van der Waals surface area contributed by atoms with Gasteiger partial charge in [0.1, 0.15) is 6.17 Å². The molecule has 1 aliphatic carbocycles. The normalized spacial score (nSPS) is 26.5. The lowest BCUT2D eigenvalue weighted by molar-refractivity contribution is -0.134. The average molecular weight is 286 g/mol. The van der Waals surface area contributed by atoms with Gasteiger partial charge in [-0.3, -0.25) is 10.1 Å². The summed E-state index contributed by atoms with van der Waals surface area (Å²) in [6.45, 7) is 6.41. The number of carbonyl (C=O) groups is 1. The molecule has 1 aromatic rings. The lowest BCUT2D eigenvalue weighted by Gasteiger charge is -2.38. The molecule has 0 radical (unpaired) electrons. The SMILES string of the molecule is CCc1ccc(C2NC(C(C)C)C(=O)N2C2CCC2)cc1. The van der Waals surface area contributed by atoms with Gasteiger partial charge in [-0.1, -0.05) is 45.0 Å². The molecule has 1 aromatic carbocycles. The van der Waals surface area contributed by atoms with Crippen LogP contribution in [0, 0.1) is 5.92 Å². The van der Waals surface area contributed by atoms with Crippen LogP contribution in [-0.2, 0) is 11.2 Å². The van der Waals surface area contributed by atoms with Crippen molar-refractivity contribution >= 4 is 5.91 Å². The molecule has 1 amide bonds. The van der Waals surface area contributed by atoms with Crippen molar-refractivity contribution in [2.45, 2.75) is 64.7 Å². The predicted molar refractivity (Wildman–Crippen MR) is 84.8 cm³/mol. The van der Waals surface area contributed by atoms with Crippen LogP contribution in [0.5, 0.6) is 0 Å². The highest BCUT2D eigenvalue weighted by molar-refractivity contribution is 5.85. The fourth-order valence-electron chi connectivity index (χ4n) is 3.34. The number of carbonyl (C=O) groups excluding carboxylic acids is 1. The van der Waals surface area contributed by atoms with Crippen LogP contribution in [0.25, 0.3) is 0 Å². The molecule has 0 spiro atoms. The quantitative estimate of drug-likeness (QED) is 0.921. The number of nitrogens with one attached hydrogen (secondary N) is 1. The van der Waals surface area contributed by atoms with Crippen molar-refractivity contribution < 1.29 is 4.79 Å². The molecule has 3 rings (SSSR count). The minimum Gasteiger partial charge on any atom is -0.319 e. The summed E-state index contributed by atoms with van der Waals surface area (Å²) in [6, 6.07) is 9.12. The Morgan fingerprint density at radius 1 is 1.24 bits per heavy atom. The third-order valence-corrected chi connectivity index (χ3v) is 4.97. The van der Waals surface area contributed by atoms with Crippen molar-refractivity contribution in [1.29, 1.82) is 0 Å². The van der Waals surface area contributed by atoms with Gasteiger partial charge < -0.3 is 4.90 Å². The van der Waals surface area contributed by atoms with Crippen LogP contribution >= 0.6 is 0 Å². The Labute approximate surface area is 127 Å². The smallest absolute Gasteiger partial charge is 0.241 e. The van der Waals surface area contributed by atoms with Crippen LogP contribution in [-0.4, -0.2) is 22.9 Å². The van der Waals surface area contributed by atoms with Gasteiger partial charge in [-0.25, -0.2) is 0 Å². The summed E-state index contributed by atoms with van der Waals surface area (Å²) in [5, 5.41) is 3.57. The highest BCUT2D eigenvalue weighted by Gasteiger charge is 2.45. The molecule has 21 heavy (non-hydrogen) atoms. The lowest BCUT2D eigenvalue weighted by Crippen LogP contribution is -2.44. The van der Waals surface area contributed by atoms with Crippen molar-refractivity contribution in [2.75, 3.05) is 0 Å². The van der Waals surface area contributed by atoms with E-state index in [9.17, 15) is 4.79 Å². The van der Waals surface area contributed by atoms with Gasteiger partial charge in [0.25, 0.3) is 0 Å². The van der Waals surface area contributed by atoms with Crippen LogP contribution in [0.2, 0.25) is 0 Å². The van der Waals surface area contributed by atoms with E-state index in [0.29, 0.717) is 17.9 Å². The maximum atomic E-state index is 12.8. The summed E-state index contributed by atoms with van der Waals surface area (Å²) in [5.74, 6) is 0.624. The zero-order valence-electron chi connectivity index (χ0n) is 13.3. The van der Waals surface area contributed by atoms with Gasteiger partial charge in [0.15, 0.2) is 0 Å². The maximum absolute atomic E-state index is 12.8. The second kappa shape index (κ2) is 5.80. The minimum atomic E-state index is -0.0403. The Hall–Kier alpha value is -1.35. The molecule has 0 aromatic heterocycles. The Bertz CT molecular complexity index is 504. The molecular weight excluding hydrogens is 260 g/mol. The largest absolute Gasteiger partial charge is 0.319 e. The van der Waals surface area contributed by atoms with Crippen LogP contribution in [0.3, 0.4) is 0 Å². The van der Waals surface area contributed by atoms with E-state index in [2.05, 4.69) is 55.3 Å². The molecule has 114 valence electrons. The van der Waals surface area contributed by atoms with E-state index in [1.807, 2.05) is 0 Å². The molecular formula is C18H26N2O. The molecule has 2 unspecified atom stereocenters. The number of nitrogens with zero attached hydrogens (tertiary/aromatic N) is 1. The van der Waals surface area contributed by atoms with Crippen LogP contribution < -0.4 is 5.32 Å². The maximum Gasteiger partial charge on any atom is 0.241 e. The van der Waals surface area contributed by atoms with Crippen molar-refractivity contribution in [1.82, 2.24) is 10.2 Å². The van der Waals surface area contributed by atoms with Gasteiger partial charge >= 0.3 is 0 Å². The first-order chi connectivity index (χ1) is 10.1. The topological polar surface area (TPSA) is 32.3 Å². The molecule has 3 nitrogen and oxygen atoms in total. The molecule has 1 saturated carbocycles. The van der Waals surface area contributed by atoms with Crippen molar-refractivity contribution in [2.24, 2.45) is 5.92 Å². The molecule has 2 aliphatic rings. The van der Waals surface area contributed by atoms with E-state index in [1.54, 1.807) is 0 Å². The second-order valence-corrected chi connectivity index (χ2v) is 6.72. The standard InChI is InChI=1S/C18H26N2O/c1-4-13-8-10-14(11-9-13)17-19-16(12(2)3)18(21)20(17)15-6-5-7-15/h8-12,15-17,19H,4-7H2,1-3H3. The Morgan fingerprint density at radius 2 is 1.90 bits per heavy atom. The third kappa shape index (κ3) is 2.59. The molecule has 1 N–H and O–H groups in total. The first kappa shape index (κ1) is 14.6. The third-order valence-electron chi connectivity index (χ3n) is 4.97. The van der Waals surface area contributed by atoms with Gasteiger partial charge in [0, 0.05) is 6.04 Å². The van der Waals surface area contributed by atoms with Crippen LogP contribution in [0.1, 0.15) is 57.3 Å². The highest BCUT2D eigenvalue weighted by Crippen LogP contribution is 2.36. The van der Waals surface area contributed by atoms with E-state index in [1.165, 1.54) is 17.5 Å². The van der Waals surface area contributed by atoms with Gasteiger partial charge in [-0.05, 0) is 42.7 Å². The Balaban J connectivity index is 1.88. The summed E-state index contributed by atoms with van der Waals surface area (Å²) in [4.78, 5) is 14.9.